The summed E-state index contributed by atoms with van der Waals surface area (Å²) in [7, 11) is 0. The molecule has 86 valence electrons. The lowest BCUT2D eigenvalue weighted by atomic mass is 9.97. The highest BCUT2D eigenvalue weighted by Crippen LogP contribution is 2.50. The maximum absolute atomic E-state index is 12.4. The molecule has 0 N–H and O–H groups in total. The van der Waals surface area contributed by atoms with Crippen LogP contribution in [0.3, 0.4) is 0 Å². The number of amides is 1. The molecule has 2 aliphatic rings. The SMILES string of the molecule is CCC1(C(=O)N2CC(Br)CCC2C)CC1. The van der Waals surface area contributed by atoms with E-state index in [1.165, 1.54) is 6.42 Å². The van der Waals surface area contributed by atoms with Gasteiger partial charge in [0, 0.05) is 22.8 Å². The zero-order valence-corrected chi connectivity index (χ0v) is 11.2. The van der Waals surface area contributed by atoms with Gasteiger partial charge in [-0.3, -0.25) is 4.79 Å². The van der Waals surface area contributed by atoms with Crippen LogP contribution in [0, 0.1) is 5.41 Å². The highest BCUT2D eigenvalue weighted by molar-refractivity contribution is 9.09. The molecule has 0 aromatic heterocycles. The van der Waals surface area contributed by atoms with Crippen molar-refractivity contribution in [2.24, 2.45) is 5.41 Å². The third-order valence-electron chi connectivity index (χ3n) is 4.07. The monoisotopic (exact) mass is 273 g/mol. The van der Waals surface area contributed by atoms with Crippen molar-refractivity contribution in [3.05, 3.63) is 0 Å². The van der Waals surface area contributed by atoms with Crippen LogP contribution in [0.2, 0.25) is 0 Å². The Bertz CT molecular complexity index is 262. The number of alkyl halides is 1. The summed E-state index contributed by atoms with van der Waals surface area (Å²) in [5.41, 5.74) is 0.0400. The van der Waals surface area contributed by atoms with Gasteiger partial charge < -0.3 is 4.90 Å². The summed E-state index contributed by atoms with van der Waals surface area (Å²) >= 11 is 3.64. The predicted molar refractivity (Wildman–Crippen MR) is 65.1 cm³/mol. The predicted octanol–water partition coefficient (Wildman–Crippen LogP) is 2.95. The fourth-order valence-electron chi connectivity index (χ4n) is 2.52. The van der Waals surface area contributed by atoms with Crippen LogP contribution in [0.1, 0.15) is 46.0 Å². The Labute approximate surface area is 101 Å². The topological polar surface area (TPSA) is 20.3 Å². The van der Waals surface area contributed by atoms with Gasteiger partial charge in [0.15, 0.2) is 0 Å². The van der Waals surface area contributed by atoms with Gasteiger partial charge in [-0.25, -0.2) is 0 Å². The first-order valence-corrected chi connectivity index (χ1v) is 6.96. The van der Waals surface area contributed by atoms with Crippen molar-refractivity contribution in [2.75, 3.05) is 6.54 Å². The lowest BCUT2D eigenvalue weighted by Crippen LogP contribution is -2.48. The molecule has 1 amide bonds. The molecule has 2 fully saturated rings. The number of carbonyl (C=O) groups excluding carboxylic acids is 1. The van der Waals surface area contributed by atoms with Crippen molar-refractivity contribution < 1.29 is 4.79 Å². The number of halogens is 1. The normalized spacial score (nSPS) is 33.9. The number of nitrogens with zero attached hydrogens (tertiary/aromatic N) is 1. The molecule has 0 aromatic rings. The minimum absolute atomic E-state index is 0.0400. The highest BCUT2D eigenvalue weighted by atomic mass is 79.9. The van der Waals surface area contributed by atoms with E-state index in [1.54, 1.807) is 0 Å². The fraction of sp³-hybridized carbons (Fsp3) is 0.917. The lowest BCUT2D eigenvalue weighted by molar-refractivity contribution is -0.140. The summed E-state index contributed by atoms with van der Waals surface area (Å²) in [6, 6.07) is 0.440. The lowest BCUT2D eigenvalue weighted by Gasteiger charge is -2.38. The second kappa shape index (κ2) is 4.08. The molecule has 0 spiro atoms. The summed E-state index contributed by atoms with van der Waals surface area (Å²) in [6.07, 6.45) is 5.57. The molecule has 2 unspecified atom stereocenters. The number of likely N-dealkylation sites (tertiary alicyclic amines) is 1. The van der Waals surface area contributed by atoms with E-state index in [0.29, 0.717) is 16.8 Å². The zero-order chi connectivity index (χ0) is 11.1. The Morgan fingerprint density at radius 2 is 2.13 bits per heavy atom. The fourth-order valence-corrected chi connectivity index (χ4v) is 3.10. The molecule has 1 aliphatic carbocycles. The number of rotatable bonds is 2. The average Bonchev–Trinajstić information content (AvgIpc) is 3.01. The summed E-state index contributed by atoms with van der Waals surface area (Å²) in [5.74, 6) is 0.418. The van der Waals surface area contributed by atoms with E-state index in [2.05, 4.69) is 34.7 Å². The molecule has 1 saturated carbocycles. The van der Waals surface area contributed by atoms with Gasteiger partial charge in [0.25, 0.3) is 0 Å². The molecule has 2 rings (SSSR count). The van der Waals surface area contributed by atoms with Crippen LogP contribution in [0.4, 0.5) is 0 Å². The molecular weight excluding hydrogens is 254 g/mol. The Morgan fingerprint density at radius 3 is 2.67 bits per heavy atom. The van der Waals surface area contributed by atoms with Crippen LogP contribution in [-0.4, -0.2) is 28.2 Å². The molecule has 2 nitrogen and oxygen atoms in total. The largest absolute Gasteiger partial charge is 0.338 e. The molecule has 1 heterocycles. The quantitative estimate of drug-likeness (QED) is 0.709. The molecule has 0 bridgehead atoms. The molecule has 1 aliphatic heterocycles. The second-order valence-electron chi connectivity index (χ2n) is 5.12. The smallest absolute Gasteiger partial charge is 0.229 e. The van der Waals surface area contributed by atoms with E-state index in [1.807, 2.05) is 0 Å². The first kappa shape index (κ1) is 11.4. The molecule has 0 aromatic carbocycles. The van der Waals surface area contributed by atoms with Gasteiger partial charge in [-0.1, -0.05) is 22.9 Å². The molecule has 3 heteroatoms. The number of hydrogen-bond donors (Lipinski definition) is 0. The van der Waals surface area contributed by atoms with E-state index in [-0.39, 0.29) is 5.41 Å². The molecule has 15 heavy (non-hydrogen) atoms. The van der Waals surface area contributed by atoms with Gasteiger partial charge in [-0.05, 0) is 39.0 Å². The Morgan fingerprint density at radius 1 is 1.47 bits per heavy atom. The molecular formula is C12H20BrNO. The Hall–Kier alpha value is -0.0500. The summed E-state index contributed by atoms with van der Waals surface area (Å²) in [6.45, 7) is 5.23. The van der Waals surface area contributed by atoms with E-state index in [0.717, 1.165) is 32.2 Å². The van der Waals surface area contributed by atoms with Crippen LogP contribution in [-0.2, 0) is 4.79 Å². The molecule has 0 radical (unpaired) electrons. The maximum Gasteiger partial charge on any atom is 0.229 e. The summed E-state index contributed by atoms with van der Waals surface area (Å²) < 4.78 is 0. The average molecular weight is 274 g/mol. The summed E-state index contributed by atoms with van der Waals surface area (Å²) in [4.78, 5) is 15.0. The third-order valence-corrected chi connectivity index (χ3v) is 4.82. The van der Waals surface area contributed by atoms with Crippen molar-refractivity contribution >= 4 is 21.8 Å². The number of carbonyl (C=O) groups is 1. The van der Waals surface area contributed by atoms with Gasteiger partial charge in [-0.2, -0.15) is 0 Å². The van der Waals surface area contributed by atoms with E-state index < -0.39 is 0 Å². The second-order valence-corrected chi connectivity index (χ2v) is 6.41. The van der Waals surface area contributed by atoms with Crippen LogP contribution in [0.25, 0.3) is 0 Å². The highest BCUT2D eigenvalue weighted by Gasteiger charge is 2.51. The van der Waals surface area contributed by atoms with E-state index >= 15 is 0 Å². The van der Waals surface area contributed by atoms with Crippen molar-refractivity contribution in [2.45, 2.75) is 56.8 Å². The van der Waals surface area contributed by atoms with Gasteiger partial charge in [0.1, 0.15) is 0 Å². The van der Waals surface area contributed by atoms with Crippen molar-refractivity contribution in [3.8, 4) is 0 Å². The van der Waals surface area contributed by atoms with Crippen LogP contribution < -0.4 is 0 Å². The van der Waals surface area contributed by atoms with Crippen LogP contribution in [0.5, 0.6) is 0 Å². The standard InChI is InChI=1S/C12H20BrNO/c1-3-12(6-7-12)11(15)14-8-10(13)5-4-9(14)2/h9-10H,3-8H2,1-2H3. The van der Waals surface area contributed by atoms with Crippen molar-refractivity contribution in [3.63, 3.8) is 0 Å². The number of hydrogen-bond acceptors (Lipinski definition) is 1. The number of piperidine rings is 1. The van der Waals surface area contributed by atoms with Crippen LogP contribution in [0.15, 0.2) is 0 Å². The third kappa shape index (κ3) is 2.08. The first-order valence-electron chi connectivity index (χ1n) is 6.04. The van der Waals surface area contributed by atoms with Crippen molar-refractivity contribution in [1.82, 2.24) is 4.90 Å². The molecule has 1 saturated heterocycles. The first-order chi connectivity index (χ1) is 7.09. The van der Waals surface area contributed by atoms with E-state index in [4.69, 9.17) is 0 Å². The maximum atomic E-state index is 12.4. The van der Waals surface area contributed by atoms with Crippen molar-refractivity contribution in [1.29, 1.82) is 0 Å². The molecule has 2 atom stereocenters. The van der Waals surface area contributed by atoms with Gasteiger partial charge in [0.05, 0.1) is 0 Å². The van der Waals surface area contributed by atoms with Gasteiger partial charge in [0.2, 0.25) is 5.91 Å². The van der Waals surface area contributed by atoms with Gasteiger partial charge >= 0.3 is 0 Å². The minimum Gasteiger partial charge on any atom is -0.338 e. The van der Waals surface area contributed by atoms with E-state index in [9.17, 15) is 4.79 Å². The zero-order valence-electron chi connectivity index (χ0n) is 9.63. The Kier molecular flexibility index (Phi) is 3.11. The van der Waals surface area contributed by atoms with Gasteiger partial charge in [-0.15, -0.1) is 0 Å². The summed E-state index contributed by atoms with van der Waals surface area (Å²) in [5, 5.41) is 0. The van der Waals surface area contributed by atoms with Crippen LogP contribution >= 0.6 is 15.9 Å². The Balaban J connectivity index is 2.05. The minimum atomic E-state index is 0.0400.